The van der Waals surface area contributed by atoms with E-state index < -0.39 is 0 Å². The number of nitrogens with zero attached hydrogens (tertiary/aromatic N) is 3. The number of aromatic nitrogens is 3. The second-order valence-corrected chi connectivity index (χ2v) is 4.10. The van der Waals surface area contributed by atoms with E-state index in [0.29, 0.717) is 5.82 Å². The van der Waals surface area contributed by atoms with E-state index in [9.17, 15) is 0 Å². The number of hydrogen-bond acceptors (Lipinski definition) is 6. The van der Waals surface area contributed by atoms with Gasteiger partial charge in [-0.15, -0.1) is 0 Å². The van der Waals surface area contributed by atoms with Crippen LogP contribution in [0.15, 0.2) is 24.3 Å². The summed E-state index contributed by atoms with van der Waals surface area (Å²) in [6.45, 7) is 2.85. The van der Waals surface area contributed by atoms with Gasteiger partial charge in [0.05, 0.1) is 6.61 Å². The summed E-state index contributed by atoms with van der Waals surface area (Å²) in [7, 11) is 0. The van der Waals surface area contributed by atoms with Crippen molar-refractivity contribution in [2.24, 2.45) is 0 Å². The van der Waals surface area contributed by atoms with E-state index in [4.69, 9.17) is 16.2 Å². The first-order valence-electron chi connectivity index (χ1n) is 6.19. The summed E-state index contributed by atoms with van der Waals surface area (Å²) in [4.78, 5) is 11.8. The number of rotatable bonds is 5. The molecule has 0 unspecified atom stereocenters. The highest BCUT2D eigenvalue weighted by molar-refractivity contribution is 5.58. The van der Waals surface area contributed by atoms with Gasteiger partial charge < -0.3 is 16.2 Å². The van der Waals surface area contributed by atoms with Gasteiger partial charge in [-0.3, -0.25) is 0 Å². The van der Waals surface area contributed by atoms with Crippen LogP contribution in [0, 0.1) is 0 Å². The standard InChI is InChI=1S/C13H17N5O/c1-2-3-8-19-10-6-4-9(5-7-10)11-16-12(14)18-13(15)17-11/h4-7H,2-3,8H2,1H3,(H4,14,15,16,17,18). The molecule has 1 aromatic carbocycles. The van der Waals surface area contributed by atoms with E-state index in [1.807, 2.05) is 24.3 Å². The fraction of sp³-hybridized carbons (Fsp3) is 0.308. The van der Waals surface area contributed by atoms with Crippen molar-refractivity contribution in [1.29, 1.82) is 0 Å². The molecule has 0 bridgehead atoms. The van der Waals surface area contributed by atoms with Gasteiger partial charge in [0.15, 0.2) is 5.82 Å². The molecule has 100 valence electrons. The van der Waals surface area contributed by atoms with Crippen LogP contribution in [-0.4, -0.2) is 21.6 Å². The number of anilines is 2. The van der Waals surface area contributed by atoms with Gasteiger partial charge in [0.1, 0.15) is 5.75 Å². The Morgan fingerprint density at radius 3 is 2.21 bits per heavy atom. The van der Waals surface area contributed by atoms with Crippen LogP contribution in [0.4, 0.5) is 11.9 Å². The van der Waals surface area contributed by atoms with E-state index in [-0.39, 0.29) is 11.9 Å². The summed E-state index contributed by atoms with van der Waals surface area (Å²) in [5, 5.41) is 0. The predicted octanol–water partition coefficient (Wildman–Crippen LogP) is 1.88. The molecule has 0 aliphatic rings. The third-order valence-electron chi connectivity index (χ3n) is 2.55. The number of nitrogens with two attached hydrogens (primary N) is 2. The van der Waals surface area contributed by atoms with Crippen molar-refractivity contribution in [2.45, 2.75) is 19.8 Å². The zero-order valence-electron chi connectivity index (χ0n) is 10.8. The molecule has 2 rings (SSSR count). The normalized spacial score (nSPS) is 10.4. The SMILES string of the molecule is CCCCOc1ccc(-c2nc(N)nc(N)n2)cc1. The molecule has 19 heavy (non-hydrogen) atoms. The molecule has 0 aliphatic heterocycles. The molecule has 2 aromatic rings. The highest BCUT2D eigenvalue weighted by Gasteiger charge is 2.05. The second-order valence-electron chi connectivity index (χ2n) is 4.10. The summed E-state index contributed by atoms with van der Waals surface area (Å²) in [6.07, 6.45) is 2.16. The Bertz CT molecular complexity index is 521. The lowest BCUT2D eigenvalue weighted by atomic mass is 10.2. The van der Waals surface area contributed by atoms with Crippen LogP contribution in [0.5, 0.6) is 5.75 Å². The second kappa shape index (κ2) is 5.99. The zero-order valence-corrected chi connectivity index (χ0v) is 10.8. The third kappa shape index (κ3) is 3.54. The quantitative estimate of drug-likeness (QED) is 0.795. The summed E-state index contributed by atoms with van der Waals surface area (Å²) in [5.74, 6) is 1.52. The Balaban J connectivity index is 2.13. The molecule has 0 fully saturated rings. The maximum absolute atomic E-state index is 5.58. The minimum Gasteiger partial charge on any atom is -0.494 e. The largest absolute Gasteiger partial charge is 0.494 e. The van der Waals surface area contributed by atoms with Crippen LogP contribution in [0.25, 0.3) is 11.4 Å². The van der Waals surface area contributed by atoms with E-state index in [2.05, 4.69) is 21.9 Å². The smallest absolute Gasteiger partial charge is 0.225 e. The molecule has 6 heteroatoms. The zero-order chi connectivity index (χ0) is 13.7. The van der Waals surface area contributed by atoms with Crippen molar-refractivity contribution in [3.05, 3.63) is 24.3 Å². The lowest BCUT2D eigenvalue weighted by Gasteiger charge is -2.06. The topological polar surface area (TPSA) is 99.9 Å². The molecule has 0 amide bonds. The summed E-state index contributed by atoms with van der Waals surface area (Å²) < 4.78 is 5.58. The maximum Gasteiger partial charge on any atom is 0.225 e. The molecule has 0 aliphatic carbocycles. The van der Waals surface area contributed by atoms with Crippen molar-refractivity contribution in [3.8, 4) is 17.1 Å². The van der Waals surface area contributed by atoms with E-state index in [1.54, 1.807) is 0 Å². The van der Waals surface area contributed by atoms with Crippen LogP contribution in [0.2, 0.25) is 0 Å². The fourth-order valence-electron chi connectivity index (χ4n) is 1.57. The first kappa shape index (κ1) is 13.1. The number of unbranched alkanes of at least 4 members (excludes halogenated alkanes) is 1. The van der Waals surface area contributed by atoms with E-state index in [1.165, 1.54) is 0 Å². The highest BCUT2D eigenvalue weighted by Crippen LogP contribution is 2.20. The summed E-state index contributed by atoms with van der Waals surface area (Å²) >= 11 is 0. The van der Waals surface area contributed by atoms with Crippen LogP contribution in [0.3, 0.4) is 0 Å². The first-order valence-corrected chi connectivity index (χ1v) is 6.19. The average Bonchev–Trinajstić information content (AvgIpc) is 2.39. The number of nitrogen functional groups attached to an aromatic ring is 2. The average molecular weight is 259 g/mol. The molecule has 1 aromatic heterocycles. The first-order chi connectivity index (χ1) is 9.19. The van der Waals surface area contributed by atoms with Crippen molar-refractivity contribution >= 4 is 11.9 Å². The lowest BCUT2D eigenvalue weighted by Crippen LogP contribution is -2.04. The molecular formula is C13H17N5O. The Kier molecular flexibility index (Phi) is 4.12. The number of hydrogen-bond donors (Lipinski definition) is 2. The number of ether oxygens (including phenoxy) is 1. The molecular weight excluding hydrogens is 242 g/mol. The highest BCUT2D eigenvalue weighted by atomic mass is 16.5. The molecule has 6 nitrogen and oxygen atoms in total. The van der Waals surface area contributed by atoms with Crippen molar-refractivity contribution in [1.82, 2.24) is 15.0 Å². The van der Waals surface area contributed by atoms with Crippen molar-refractivity contribution < 1.29 is 4.74 Å². The van der Waals surface area contributed by atoms with Crippen LogP contribution in [-0.2, 0) is 0 Å². The van der Waals surface area contributed by atoms with Crippen molar-refractivity contribution in [2.75, 3.05) is 18.1 Å². The van der Waals surface area contributed by atoms with Gasteiger partial charge in [0.2, 0.25) is 11.9 Å². The maximum atomic E-state index is 5.58. The molecule has 0 atom stereocenters. The Hall–Kier alpha value is -2.37. The molecule has 0 spiro atoms. The Morgan fingerprint density at radius 2 is 1.63 bits per heavy atom. The minimum atomic E-state index is 0.116. The van der Waals surface area contributed by atoms with Crippen LogP contribution < -0.4 is 16.2 Å². The Morgan fingerprint density at radius 1 is 1.00 bits per heavy atom. The minimum absolute atomic E-state index is 0.116. The van der Waals surface area contributed by atoms with Gasteiger partial charge >= 0.3 is 0 Å². The fourth-order valence-corrected chi connectivity index (χ4v) is 1.57. The van der Waals surface area contributed by atoms with Gasteiger partial charge in [-0.05, 0) is 30.7 Å². The van der Waals surface area contributed by atoms with E-state index >= 15 is 0 Å². The van der Waals surface area contributed by atoms with Gasteiger partial charge in [-0.1, -0.05) is 13.3 Å². The predicted molar refractivity (Wildman–Crippen MR) is 74.5 cm³/mol. The summed E-state index contributed by atoms with van der Waals surface area (Å²) in [6, 6.07) is 7.49. The molecule has 1 heterocycles. The van der Waals surface area contributed by atoms with Gasteiger partial charge in [0, 0.05) is 5.56 Å². The molecule has 0 radical (unpaired) electrons. The third-order valence-corrected chi connectivity index (χ3v) is 2.55. The van der Waals surface area contributed by atoms with Crippen molar-refractivity contribution in [3.63, 3.8) is 0 Å². The van der Waals surface area contributed by atoms with Crippen LogP contribution >= 0.6 is 0 Å². The van der Waals surface area contributed by atoms with Gasteiger partial charge in [-0.2, -0.15) is 15.0 Å². The molecule has 0 saturated carbocycles. The van der Waals surface area contributed by atoms with E-state index in [0.717, 1.165) is 30.8 Å². The molecule has 0 saturated heterocycles. The summed E-state index contributed by atoms with van der Waals surface area (Å²) in [5.41, 5.74) is 11.9. The number of benzene rings is 1. The van der Waals surface area contributed by atoms with Gasteiger partial charge in [-0.25, -0.2) is 0 Å². The van der Waals surface area contributed by atoms with Gasteiger partial charge in [0.25, 0.3) is 0 Å². The monoisotopic (exact) mass is 259 g/mol. The molecule has 4 N–H and O–H groups in total. The van der Waals surface area contributed by atoms with Crippen LogP contribution in [0.1, 0.15) is 19.8 Å². The lowest BCUT2D eigenvalue weighted by molar-refractivity contribution is 0.309. The Labute approximate surface area is 111 Å².